The van der Waals surface area contributed by atoms with E-state index in [1.54, 1.807) is 24.2 Å². The third kappa shape index (κ3) is 4.87. The normalized spacial score (nSPS) is 11.7. The second-order valence-corrected chi connectivity index (χ2v) is 4.50. The number of nitrogens with one attached hydrogen (secondary N) is 1. The van der Waals surface area contributed by atoms with Gasteiger partial charge >= 0.3 is 12.0 Å². The summed E-state index contributed by atoms with van der Waals surface area (Å²) in [5, 5.41) is 11.6. The topological polar surface area (TPSA) is 82.5 Å². The summed E-state index contributed by atoms with van der Waals surface area (Å²) in [7, 11) is 0. The quantitative estimate of drug-likeness (QED) is 0.796. The molecule has 110 valence electrons. The summed E-state index contributed by atoms with van der Waals surface area (Å²) >= 11 is 0. The summed E-state index contributed by atoms with van der Waals surface area (Å²) in [5.74, 6) is -1.43. The summed E-state index contributed by atoms with van der Waals surface area (Å²) in [6, 6.07) is 3.45. The molecular weight excluding hydrogens is 258 g/mol. The van der Waals surface area contributed by atoms with Gasteiger partial charge in [-0.05, 0) is 31.0 Å². The number of carbonyl (C=O) groups is 2. The van der Waals surface area contributed by atoms with Crippen molar-refractivity contribution in [2.75, 3.05) is 13.1 Å². The summed E-state index contributed by atoms with van der Waals surface area (Å²) in [5.41, 5.74) is 0.988. The van der Waals surface area contributed by atoms with Gasteiger partial charge in [-0.15, -0.1) is 0 Å². The van der Waals surface area contributed by atoms with Gasteiger partial charge in [0.2, 0.25) is 0 Å². The highest BCUT2D eigenvalue weighted by Crippen LogP contribution is 2.05. The maximum atomic E-state index is 12.0. The van der Waals surface area contributed by atoms with Gasteiger partial charge in [-0.3, -0.25) is 9.78 Å². The highest BCUT2D eigenvalue weighted by atomic mass is 16.4. The van der Waals surface area contributed by atoms with Crippen molar-refractivity contribution in [3.8, 4) is 0 Å². The Balaban J connectivity index is 2.53. The predicted octanol–water partition coefficient (Wildman–Crippen LogP) is 1.72. The number of aliphatic carboxylic acids is 1. The van der Waals surface area contributed by atoms with Crippen molar-refractivity contribution >= 4 is 12.0 Å². The number of carboxylic acid groups (broad SMARTS) is 1. The van der Waals surface area contributed by atoms with Gasteiger partial charge in [0, 0.05) is 32.0 Å². The van der Waals surface area contributed by atoms with Crippen LogP contribution in [0.3, 0.4) is 0 Å². The Morgan fingerprint density at radius 2 is 2.00 bits per heavy atom. The molecule has 0 bridgehead atoms. The van der Waals surface area contributed by atoms with Crippen LogP contribution < -0.4 is 5.32 Å². The Hall–Kier alpha value is -2.11. The Kier molecular flexibility index (Phi) is 6.49. The van der Waals surface area contributed by atoms with Crippen LogP contribution in [0.4, 0.5) is 4.79 Å². The number of aromatic nitrogens is 1. The van der Waals surface area contributed by atoms with Crippen molar-refractivity contribution in [1.82, 2.24) is 15.2 Å². The first-order chi connectivity index (χ1) is 9.58. The van der Waals surface area contributed by atoms with Gasteiger partial charge in [-0.2, -0.15) is 0 Å². The van der Waals surface area contributed by atoms with Crippen LogP contribution in [0.1, 0.15) is 25.8 Å². The standard InChI is InChI=1S/C14H21N3O3/c1-3-12(13(18)19)9-16-14(20)17(4-2)10-11-5-7-15-8-6-11/h5-8,12H,3-4,9-10H2,1-2H3,(H,16,20)(H,18,19). The first-order valence-corrected chi connectivity index (χ1v) is 6.72. The molecule has 1 unspecified atom stereocenters. The zero-order chi connectivity index (χ0) is 15.0. The molecule has 0 radical (unpaired) electrons. The van der Waals surface area contributed by atoms with Crippen molar-refractivity contribution in [1.29, 1.82) is 0 Å². The molecule has 0 saturated carbocycles. The first-order valence-electron chi connectivity index (χ1n) is 6.72. The minimum Gasteiger partial charge on any atom is -0.481 e. The Morgan fingerprint density at radius 3 is 2.50 bits per heavy atom. The van der Waals surface area contributed by atoms with Gasteiger partial charge < -0.3 is 15.3 Å². The number of pyridine rings is 1. The van der Waals surface area contributed by atoms with Crippen LogP contribution in [0, 0.1) is 5.92 Å². The molecule has 20 heavy (non-hydrogen) atoms. The van der Waals surface area contributed by atoms with E-state index in [9.17, 15) is 9.59 Å². The van der Waals surface area contributed by atoms with Crippen molar-refractivity contribution in [3.63, 3.8) is 0 Å². The minimum absolute atomic E-state index is 0.150. The molecule has 2 amide bonds. The third-order valence-electron chi connectivity index (χ3n) is 3.13. The third-order valence-corrected chi connectivity index (χ3v) is 3.13. The largest absolute Gasteiger partial charge is 0.481 e. The molecule has 0 fully saturated rings. The van der Waals surface area contributed by atoms with Crippen LogP contribution in [0.25, 0.3) is 0 Å². The van der Waals surface area contributed by atoms with Gasteiger partial charge in [-0.25, -0.2) is 4.79 Å². The van der Waals surface area contributed by atoms with Crippen molar-refractivity contribution < 1.29 is 14.7 Å². The fraction of sp³-hybridized carbons (Fsp3) is 0.500. The number of hydrogen-bond donors (Lipinski definition) is 2. The number of hydrogen-bond acceptors (Lipinski definition) is 3. The van der Waals surface area contributed by atoms with Crippen LogP contribution in [-0.2, 0) is 11.3 Å². The van der Waals surface area contributed by atoms with Crippen LogP contribution >= 0.6 is 0 Å². The maximum absolute atomic E-state index is 12.0. The molecule has 0 saturated heterocycles. The summed E-state index contributed by atoms with van der Waals surface area (Å²) in [6.07, 6.45) is 3.85. The molecule has 0 aliphatic carbocycles. The van der Waals surface area contributed by atoms with E-state index in [0.717, 1.165) is 5.56 Å². The monoisotopic (exact) mass is 279 g/mol. The first kappa shape index (κ1) is 15.9. The minimum atomic E-state index is -0.884. The SMILES string of the molecule is CCC(CNC(=O)N(CC)Cc1ccncc1)C(=O)O. The van der Waals surface area contributed by atoms with Crippen LogP contribution in [0.5, 0.6) is 0 Å². The predicted molar refractivity (Wildman–Crippen MR) is 75.1 cm³/mol. The Bertz CT molecular complexity index is 437. The molecule has 1 rings (SSSR count). The van der Waals surface area contributed by atoms with Gasteiger partial charge in [-0.1, -0.05) is 6.92 Å². The lowest BCUT2D eigenvalue weighted by Crippen LogP contribution is -2.42. The maximum Gasteiger partial charge on any atom is 0.317 e. The van der Waals surface area contributed by atoms with Gasteiger partial charge in [0.1, 0.15) is 0 Å². The smallest absolute Gasteiger partial charge is 0.317 e. The zero-order valence-corrected chi connectivity index (χ0v) is 11.9. The van der Waals surface area contributed by atoms with E-state index in [-0.39, 0.29) is 12.6 Å². The number of amides is 2. The van der Waals surface area contributed by atoms with E-state index < -0.39 is 11.9 Å². The molecule has 1 heterocycles. The lowest BCUT2D eigenvalue weighted by atomic mass is 10.1. The average molecular weight is 279 g/mol. The van der Waals surface area contributed by atoms with E-state index in [4.69, 9.17) is 5.11 Å². The van der Waals surface area contributed by atoms with Gasteiger partial charge in [0.15, 0.2) is 0 Å². The molecule has 1 aromatic rings. The molecule has 6 nitrogen and oxygen atoms in total. The number of rotatable bonds is 7. The number of urea groups is 1. The molecule has 0 spiro atoms. The fourth-order valence-corrected chi connectivity index (χ4v) is 1.76. The van der Waals surface area contributed by atoms with Gasteiger partial charge in [0.25, 0.3) is 0 Å². The van der Waals surface area contributed by atoms with E-state index in [2.05, 4.69) is 10.3 Å². The van der Waals surface area contributed by atoms with E-state index in [1.807, 2.05) is 19.1 Å². The summed E-state index contributed by atoms with van der Waals surface area (Å²) < 4.78 is 0. The molecule has 1 aromatic heterocycles. The zero-order valence-electron chi connectivity index (χ0n) is 11.9. The molecule has 0 aromatic carbocycles. The lowest BCUT2D eigenvalue weighted by Gasteiger charge is -2.22. The Labute approximate surface area is 118 Å². The second kappa shape index (κ2) is 8.14. The van der Waals surface area contributed by atoms with Crippen molar-refractivity contribution in [2.45, 2.75) is 26.8 Å². The van der Waals surface area contributed by atoms with E-state index in [1.165, 1.54) is 0 Å². The second-order valence-electron chi connectivity index (χ2n) is 4.50. The highest BCUT2D eigenvalue weighted by molar-refractivity contribution is 5.76. The van der Waals surface area contributed by atoms with Crippen molar-refractivity contribution in [3.05, 3.63) is 30.1 Å². The molecule has 0 aliphatic rings. The van der Waals surface area contributed by atoms with Crippen LogP contribution in [-0.4, -0.2) is 40.1 Å². The van der Waals surface area contributed by atoms with Crippen LogP contribution in [0.2, 0.25) is 0 Å². The molecule has 6 heteroatoms. The van der Waals surface area contributed by atoms with Crippen molar-refractivity contribution in [2.24, 2.45) is 5.92 Å². The molecular formula is C14H21N3O3. The molecule has 2 N–H and O–H groups in total. The Morgan fingerprint density at radius 1 is 1.35 bits per heavy atom. The summed E-state index contributed by atoms with van der Waals surface area (Å²) in [4.78, 5) is 28.5. The van der Waals surface area contributed by atoms with E-state index >= 15 is 0 Å². The number of carboxylic acids is 1. The van der Waals surface area contributed by atoms with E-state index in [0.29, 0.717) is 19.5 Å². The highest BCUT2D eigenvalue weighted by Gasteiger charge is 2.18. The van der Waals surface area contributed by atoms with Gasteiger partial charge in [0.05, 0.1) is 5.92 Å². The average Bonchev–Trinajstić information content (AvgIpc) is 2.45. The number of carbonyl (C=O) groups excluding carboxylic acids is 1. The van der Waals surface area contributed by atoms with Crippen LogP contribution in [0.15, 0.2) is 24.5 Å². The number of nitrogens with zero attached hydrogens (tertiary/aromatic N) is 2. The molecule has 0 aliphatic heterocycles. The summed E-state index contributed by atoms with van der Waals surface area (Å²) in [6.45, 7) is 4.86. The lowest BCUT2D eigenvalue weighted by molar-refractivity contribution is -0.141. The fourth-order valence-electron chi connectivity index (χ4n) is 1.76. The molecule has 1 atom stereocenters.